The average Bonchev–Trinajstić information content (AvgIpc) is 2.49. The second-order valence-electron chi connectivity index (χ2n) is 2.63. The molecule has 0 spiro atoms. The highest BCUT2D eigenvalue weighted by atomic mass is 35.5. The quantitative estimate of drug-likeness (QED) is 0.736. The van der Waals surface area contributed by atoms with Gasteiger partial charge >= 0.3 is 0 Å². The van der Waals surface area contributed by atoms with Crippen LogP contribution in [-0.2, 0) is 11.5 Å². The largest absolute Gasteiger partial charge is 0.364 e. The maximum Gasteiger partial charge on any atom is 0.177 e. The Morgan fingerprint density at radius 3 is 3.15 bits per heavy atom. The van der Waals surface area contributed by atoms with Crippen LogP contribution in [0.2, 0.25) is 5.02 Å². The number of imidazole rings is 1. The van der Waals surface area contributed by atoms with Crippen molar-refractivity contribution < 1.29 is 4.74 Å². The standard InChI is InChI=1S/C8H8ClN3O/c1-13-5-12-4-11-8-7(12)2-6(9)3-10-8/h2-4H,5H2,1H3. The molecule has 0 amide bonds. The molecule has 2 heterocycles. The summed E-state index contributed by atoms with van der Waals surface area (Å²) < 4.78 is 6.83. The third kappa shape index (κ3) is 1.50. The van der Waals surface area contributed by atoms with Crippen molar-refractivity contribution in [2.24, 2.45) is 0 Å². The van der Waals surface area contributed by atoms with E-state index < -0.39 is 0 Å². The molecule has 0 aromatic carbocycles. The first-order valence-corrected chi connectivity index (χ1v) is 4.14. The topological polar surface area (TPSA) is 39.9 Å². The van der Waals surface area contributed by atoms with Crippen LogP contribution in [0.25, 0.3) is 11.2 Å². The van der Waals surface area contributed by atoms with Gasteiger partial charge in [0.2, 0.25) is 0 Å². The first kappa shape index (κ1) is 8.47. The lowest BCUT2D eigenvalue weighted by molar-refractivity contribution is 0.134. The Morgan fingerprint density at radius 1 is 1.54 bits per heavy atom. The van der Waals surface area contributed by atoms with Crippen molar-refractivity contribution in [1.82, 2.24) is 14.5 Å². The molecule has 2 aromatic rings. The number of hydrogen-bond donors (Lipinski definition) is 0. The van der Waals surface area contributed by atoms with Crippen molar-refractivity contribution in [1.29, 1.82) is 0 Å². The zero-order valence-corrected chi connectivity index (χ0v) is 7.82. The summed E-state index contributed by atoms with van der Waals surface area (Å²) in [5.74, 6) is 0. The summed E-state index contributed by atoms with van der Waals surface area (Å²) >= 11 is 5.80. The van der Waals surface area contributed by atoms with Gasteiger partial charge in [0.15, 0.2) is 5.65 Å². The van der Waals surface area contributed by atoms with Gasteiger partial charge in [0.1, 0.15) is 6.73 Å². The van der Waals surface area contributed by atoms with E-state index in [4.69, 9.17) is 16.3 Å². The summed E-state index contributed by atoms with van der Waals surface area (Å²) in [4.78, 5) is 8.16. The summed E-state index contributed by atoms with van der Waals surface area (Å²) in [6, 6.07) is 1.82. The Balaban J connectivity index is 2.58. The van der Waals surface area contributed by atoms with Crippen LogP contribution in [0.15, 0.2) is 18.6 Å². The molecule has 0 aliphatic carbocycles. The van der Waals surface area contributed by atoms with E-state index in [-0.39, 0.29) is 0 Å². The fraction of sp³-hybridized carbons (Fsp3) is 0.250. The fourth-order valence-corrected chi connectivity index (χ4v) is 1.31. The number of aromatic nitrogens is 3. The molecule has 0 radical (unpaired) electrons. The monoisotopic (exact) mass is 197 g/mol. The van der Waals surface area contributed by atoms with Crippen LogP contribution in [0.5, 0.6) is 0 Å². The van der Waals surface area contributed by atoms with Crippen LogP contribution < -0.4 is 0 Å². The Bertz CT molecular complexity index is 426. The molecular formula is C8H8ClN3O. The van der Waals surface area contributed by atoms with Crippen LogP contribution >= 0.6 is 11.6 Å². The minimum absolute atomic E-state index is 0.457. The molecule has 0 N–H and O–H groups in total. The lowest BCUT2D eigenvalue weighted by atomic mass is 10.4. The normalized spacial score (nSPS) is 10.9. The van der Waals surface area contributed by atoms with Gasteiger partial charge in [-0.2, -0.15) is 0 Å². The van der Waals surface area contributed by atoms with Crippen LogP contribution in [0.4, 0.5) is 0 Å². The van der Waals surface area contributed by atoms with Gasteiger partial charge in [-0.3, -0.25) is 0 Å². The summed E-state index contributed by atoms with van der Waals surface area (Å²) in [5.41, 5.74) is 1.57. The van der Waals surface area contributed by atoms with E-state index >= 15 is 0 Å². The van der Waals surface area contributed by atoms with E-state index in [1.165, 1.54) is 0 Å². The Kier molecular flexibility index (Phi) is 2.16. The lowest BCUT2D eigenvalue weighted by Gasteiger charge is -2.00. The minimum atomic E-state index is 0.457. The summed E-state index contributed by atoms with van der Waals surface area (Å²) in [6.45, 7) is 0.457. The molecule has 68 valence electrons. The number of pyridine rings is 1. The van der Waals surface area contributed by atoms with E-state index in [1.807, 2.05) is 10.6 Å². The highest BCUT2D eigenvalue weighted by Gasteiger charge is 2.02. The first-order valence-electron chi connectivity index (χ1n) is 3.76. The zero-order chi connectivity index (χ0) is 9.26. The van der Waals surface area contributed by atoms with Crippen LogP contribution in [0, 0.1) is 0 Å². The van der Waals surface area contributed by atoms with Crippen molar-refractivity contribution in [3.63, 3.8) is 0 Å². The predicted octanol–water partition coefficient (Wildman–Crippen LogP) is 1.69. The van der Waals surface area contributed by atoms with Crippen LogP contribution in [0.1, 0.15) is 0 Å². The van der Waals surface area contributed by atoms with Gasteiger partial charge in [-0.05, 0) is 6.07 Å². The molecule has 2 aromatic heterocycles. The summed E-state index contributed by atoms with van der Waals surface area (Å²) in [7, 11) is 1.63. The van der Waals surface area contributed by atoms with E-state index in [0.717, 1.165) is 5.52 Å². The molecular weight excluding hydrogens is 190 g/mol. The van der Waals surface area contributed by atoms with Gasteiger partial charge < -0.3 is 9.30 Å². The van der Waals surface area contributed by atoms with E-state index in [0.29, 0.717) is 17.4 Å². The molecule has 0 fully saturated rings. The van der Waals surface area contributed by atoms with E-state index in [1.54, 1.807) is 19.6 Å². The average molecular weight is 198 g/mol. The van der Waals surface area contributed by atoms with Crippen molar-refractivity contribution in [2.75, 3.05) is 7.11 Å². The molecule has 0 saturated heterocycles. The summed E-state index contributed by atoms with van der Waals surface area (Å²) in [5, 5.41) is 0.602. The number of fused-ring (bicyclic) bond motifs is 1. The number of halogens is 1. The number of ether oxygens (including phenoxy) is 1. The molecule has 2 rings (SSSR count). The SMILES string of the molecule is COCn1cnc2ncc(Cl)cc21. The Morgan fingerprint density at radius 2 is 2.38 bits per heavy atom. The molecule has 0 bridgehead atoms. The Labute approximate surface area is 80.1 Å². The molecule has 0 unspecified atom stereocenters. The molecule has 5 heteroatoms. The van der Waals surface area contributed by atoms with E-state index in [2.05, 4.69) is 9.97 Å². The van der Waals surface area contributed by atoms with Crippen molar-refractivity contribution in [3.05, 3.63) is 23.6 Å². The highest BCUT2D eigenvalue weighted by Crippen LogP contribution is 2.15. The lowest BCUT2D eigenvalue weighted by Crippen LogP contribution is -1.97. The smallest absolute Gasteiger partial charge is 0.177 e. The highest BCUT2D eigenvalue weighted by molar-refractivity contribution is 6.31. The predicted molar refractivity (Wildman–Crippen MR) is 49.5 cm³/mol. The van der Waals surface area contributed by atoms with Crippen molar-refractivity contribution in [3.8, 4) is 0 Å². The summed E-state index contributed by atoms with van der Waals surface area (Å²) in [6.07, 6.45) is 3.26. The molecule has 4 nitrogen and oxygen atoms in total. The van der Waals surface area contributed by atoms with Crippen LogP contribution in [-0.4, -0.2) is 21.6 Å². The molecule has 0 atom stereocenters. The molecule has 0 saturated carbocycles. The van der Waals surface area contributed by atoms with Gasteiger partial charge in [-0.25, -0.2) is 9.97 Å². The first-order chi connectivity index (χ1) is 6.31. The second-order valence-corrected chi connectivity index (χ2v) is 3.06. The second kappa shape index (κ2) is 3.32. The maximum atomic E-state index is 5.80. The third-order valence-corrected chi connectivity index (χ3v) is 1.92. The van der Waals surface area contributed by atoms with Gasteiger partial charge in [-0.1, -0.05) is 11.6 Å². The maximum absolute atomic E-state index is 5.80. The third-order valence-electron chi connectivity index (χ3n) is 1.71. The van der Waals surface area contributed by atoms with Gasteiger partial charge in [-0.15, -0.1) is 0 Å². The number of nitrogens with zero attached hydrogens (tertiary/aromatic N) is 3. The van der Waals surface area contributed by atoms with Crippen molar-refractivity contribution >= 4 is 22.8 Å². The van der Waals surface area contributed by atoms with E-state index in [9.17, 15) is 0 Å². The number of hydrogen-bond acceptors (Lipinski definition) is 3. The molecule has 0 aliphatic rings. The van der Waals surface area contributed by atoms with Gasteiger partial charge in [0, 0.05) is 13.3 Å². The molecule has 0 aliphatic heterocycles. The molecule has 13 heavy (non-hydrogen) atoms. The van der Waals surface area contributed by atoms with Crippen LogP contribution in [0.3, 0.4) is 0 Å². The Hall–Kier alpha value is -1.13. The minimum Gasteiger partial charge on any atom is -0.364 e. The zero-order valence-electron chi connectivity index (χ0n) is 7.07. The van der Waals surface area contributed by atoms with Gasteiger partial charge in [0.25, 0.3) is 0 Å². The number of methoxy groups -OCH3 is 1. The fourth-order valence-electron chi connectivity index (χ4n) is 1.16. The van der Waals surface area contributed by atoms with Gasteiger partial charge in [0.05, 0.1) is 16.9 Å². The van der Waals surface area contributed by atoms with Crippen molar-refractivity contribution in [2.45, 2.75) is 6.73 Å². The number of rotatable bonds is 2.